The minimum absolute atomic E-state index is 0.0509. The van der Waals surface area contributed by atoms with E-state index >= 15 is 0 Å². The van der Waals surface area contributed by atoms with Crippen molar-refractivity contribution in [3.8, 4) is 17.5 Å². The normalized spacial score (nSPS) is 15.8. The number of pyridine rings is 1. The van der Waals surface area contributed by atoms with E-state index in [0.717, 1.165) is 23.5 Å². The van der Waals surface area contributed by atoms with Gasteiger partial charge in [-0.2, -0.15) is 18.4 Å². The first-order valence-corrected chi connectivity index (χ1v) is 10.4. The fourth-order valence-electron chi connectivity index (χ4n) is 4.44. The molecule has 33 heavy (non-hydrogen) atoms. The lowest BCUT2D eigenvalue weighted by Gasteiger charge is -2.41. The Morgan fingerprint density at radius 3 is 2.42 bits per heavy atom. The summed E-state index contributed by atoms with van der Waals surface area (Å²) in [5.74, 6) is -0.469. The third-order valence-corrected chi connectivity index (χ3v) is 6.40. The predicted octanol–water partition coefficient (Wildman–Crippen LogP) is 4.00. The van der Waals surface area contributed by atoms with Crippen molar-refractivity contribution in [3.63, 3.8) is 0 Å². The van der Waals surface area contributed by atoms with Crippen molar-refractivity contribution < 1.29 is 18.0 Å². The monoisotopic (exact) mass is 453 g/mol. The zero-order chi connectivity index (χ0) is 23.8. The number of primary amides is 1. The number of rotatable bonds is 4. The van der Waals surface area contributed by atoms with Crippen LogP contribution in [0.2, 0.25) is 0 Å². The third-order valence-electron chi connectivity index (χ3n) is 6.40. The van der Waals surface area contributed by atoms with Crippen LogP contribution in [0.25, 0.3) is 11.4 Å². The second-order valence-corrected chi connectivity index (χ2v) is 8.21. The molecular formula is C24H22F3N5O. The number of nitrogens with two attached hydrogens (primary N) is 1. The summed E-state index contributed by atoms with van der Waals surface area (Å²) < 4.78 is 41.0. The van der Waals surface area contributed by atoms with E-state index in [0.29, 0.717) is 37.2 Å². The van der Waals surface area contributed by atoms with Crippen LogP contribution in [-0.2, 0) is 23.4 Å². The highest BCUT2D eigenvalue weighted by Gasteiger charge is 2.42. The van der Waals surface area contributed by atoms with Gasteiger partial charge in [-0.05, 0) is 54.8 Å². The fourth-order valence-corrected chi connectivity index (χ4v) is 4.44. The SMILES string of the molecule is Cn1cccc1-c1ccc(C2(C(N)=O)CCN(c3ccc(C(F)(F)F)cc3C#N)CC2)cn1. The molecule has 1 amide bonds. The zero-order valence-corrected chi connectivity index (χ0v) is 17.9. The van der Waals surface area contributed by atoms with E-state index < -0.39 is 23.1 Å². The van der Waals surface area contributed by atoms with Crippen LogP contribution in [0.1, 0.15) is 29.5 Å². The van der Waals surface area contributed by atoms with E-state index in [1.165, 1.54) is 6.07 Å². The van der Waals surface area contributed by atoms with Gasteiger partial charge in [0, 0.05) is 32.5 Å². The summed E-state index contributed by atoms with van der Waals surface area (Å²) in [7, 11) is 1.92. The van der Waals surface area contributed by atoms with Gasteiger partial charge in [0.2, 0.25) is 5.91 Å². The van der Waals surface area contributed by atoms with Crippen molar-refractivity contribution in [2.75, 3.05) is 18.0 Å². The number of carbonyl (C=O) groups excluding carboxylic acids is 1. The number of halogens is 3. The molecule has 4 rings (SSSR count). The fraction of sp³-hybridized carbons (Fsp3) is 0.292. The highest BCUT2D eigenvalue weighted by Crippen LogP contribution is 2.39. The molecule has 2 N–H and O–H groups in total. The van der Waals surface area contributed by atoms with Gasteiger partial charge in [-0.1, -0.05) is 6.07 Å². The lowest BCUT2D eigenvalue weighted by molar-refractivity contribution is -0.137. The molecule has 1 fully saturated rings. The number of anilines is 1. The van der Waals surface area contributed by atoms with Gasteiger partial charge in [-0.3, -0.25) is 9.78 Å². The summed E-state index contributed by atoms with van der Waals surface area (Å²) in [4.78, 5) is 18.9. The largest absolute Gasteiger partial charge is 0.416 e. The maximum atomic E-state index is 13.0. The van der Waals surface area contributed by atoms with Gasteiger partial charge in [-0.25, -0.2) is 0 Å². The molecule has 3 aromatic rings. The number of alkyl halides is 3. The third kappa shape index (κ3) is 4.04. The van der Waals surface area contributed by atoms with E-state index in [1.54, 1.807) is 6.20 Å². The second-order valence-electron chi connectivity index (χ2n) is 8.21. The molecule has 0 saturated carbocycles. The maximum Gasteiger partial charge on any atom is 0.416 e. The van der Waals surface area contributed by atoms with Crippen molar-refractivity contribution in [2.24, 2.45) is 12.8 Å². The number of benzene rings is 1. The van der Waals surface area contributed by atoms with Crippen LogP contribution in [0.15, 0.2) is 54.9 Å². The molecule has 0 atom stereocenters. The quantitative estimate of drug-likeness (QED) is 0.647. The second kappa shape index (κ2) is 8.28. The number of carbonyl (C=O) groups is 1. The van der Waals surface area contributed by atoms with E-state index in [-0.39, 0.29) is 5.56 Å². The highest BCUT2D eigenvalue weighted by atomic mass is 19.4. The molecule has 3 heterocycles. The van der Waals surface area contributed by atoms with Crippen LogP contribution in [0.5, 0.6) is 0 Å². The molecule has 0 aliphatic carbocycles. The van der Waals surface area contributed by atoms with E-state index in [1.807, 2.05) is 53.0 Å². The summed E-state index contributed by atoms with van der Waals surface area (Å²) in [5.41, 5.74) is 6.82. The Kier molecular flexibility index (Phi) is 5.62. The summed E-state index contributed by atoms with van der Waals surface area (Å²) in [6.07, 6.45) is -0.214. The van der Waals surface area contributed by atoms with Gasteiger partial charge in [0.1, 0.15) is 6.07 Å². The minimum Gasteiger partial charge on any atom is -0.370 e. The number of nitrogens with zero attached hydrogens (tertiary/aromatic N) is 4. The smallest absolute Gasteiger partial charge is 0.370 e. The molecule has 9 heteroatoms. The number of hydrogen-bond donors (Lipinski definition) is 1. The summed E-state index contributed by atoms with van der Waals surface area (Å²) in [5, 5.41) is 9.40. The Balaban J connectivity index is 1.58. The molecule has 1 saturated heterocycles. The van der Waals surface area contributed by atoms with Gasteiger partial charge in [0.15, 0.2) is 0 Å². The Hall–Kier alpha value is -3.80. The molecule has 1 aliphatic rings. The van der Waals surface area contributed by atoms with Gasteiger partial charge >= 0.3 is 6.18 Å². The van der Waals surface area contributed by atoms with Crippen LogP contribution >= 0.6 is 0 Å². The van der Waals surface area contributed by atoms with Crippen molar-refractivity contribution in [1.82, 2.24) is 9.55 Å². The number of hydrogen-bond acceptors (Lipinski definition) is 4. The first kappa shape index (κ1) is 22.4. The van der Waals surface area contributed by atoms with Gasteiger partial charge < -0.3 is 15.2 Å². The molecular weight excluding hydrogens is 431 g/mol. The van der Waals surface area contributed by atoms with Gasteiger partial charge in [-0.15, -0.1) is 0 Å². The predicted molar refractivity (Wildman–Crippen MR) is 117 cm³/mol. The van der Waals surface area contributed by atoms with Crippen molar-refractivity contribution in [2.45, 2.75) is 24.4 Å². The number of nitriles is 1. The molecule has 0 spiro atoms. The standard InChI is InChI=1S/C24H22F3N5O/c1-31-10-2-3-21(31)19-6-4-18(15-30-19)23(22(29)33)8-11-32(12-9-23)20-7-5-17(24(25,26)27)13-16(20)14-28/h2-7,10,13,15H,8-9,11-12H2,1H3,(H2,29,33). The Morgan fingerprint density at radius 2 is 1.91 bits per heavy atom. The molecule has 0 bridgehead atoms. The van der Waals surface area contributed by atoms with Crippen LogP contribution in [0.3, 0.4) is 0 Å². The molecule has 0 unspecified atom stereocenters. The molecule has 0 radical (unpaired) electrons. The number of aromatic nitrogens is 2. The number of piperidine rings is 1. The molecule has 2 aromatic heterocycles. The van der Waals surface area contributed by atoms with Crippen LogP contribution < -0.4 is 10.6 Å². The topological polar surface area (TPSA) is 87.9 Å². The van der Waals surface area contributed by atoms with Gasteiger partial charge in [0.25, 0.3) is 0 Å². The Labute approximate surface area is 189 Å². The molecule has 170 valence electrons. The summed E-state index contributed by atoms with van der Waals surface area (Å²) in [6, 6.07) is 12.6. The Morgan fingerprint density at radius 1 is 1.18 bits per heavy atom. The van der Waals surface area contributed by atoms with E-state index in [2.05, 4.69) is 4.98 Å². The molecule has 1 aliphatic heterocycles. The maximum absolute atomic E-state index is 13.0. The van der Waals surface area contributed by atoms with E-state index in [9.17, 15) is 23.2 Å². The van der Waals surface area contributed by atoms with Crippen molar-refractivity contribution in [1.29, 1.82) is 5.26 Å². The lowest BCUT2D eigenvalue weighted by Crippen LogP contribution is -2.50. The Bertz CT molecular complexity index is 1220. The summed E-state index contributed by atoms with van der Waals surface area (Å²) >= 11 is 0. The lowest BCUT2D eigenvalue weighted by atomic mass is 9.72. The average Bonchev–Trinajstić information content (AvgIpc) is 3.24. The zero-order valence-electron chi connectivity index (χ0n) is 17.9. The molecule has 6 nitrogen and oxygen atoms in total. The van der Waals surface area contributed by atoms with Crippen LogP contribution in [0.4, 0.5) is 18.9 Å². The molecule has 1 aromatic carbocycles. The van der Waals surface area contributed by atoms with Crippen molar-refractivity contribution >= 4 is 11.6 Å². The van der Waals surface area contributed by atoms with Crippen molar-refractivity contribution in [3.05, 3.63) is 71.5 Å². The first-order valence-electron chi connectivity index (χ1n) is 10.4. The van der Waals surface area contributed by atoms with Crippen LogP contribution in [-0.4, -0.2) is 28.5 Å². The summed E-state index contributed by atoms with van der Waals surface area (Å²) in [6.45, 7) is 0.727. The number of aryl methyl sites for hydroxylation is 1. The minimum atomic E-state index is -4.52. The number of amides is 1. The highest BCUT2D eigenvalue weighted by molar-refractivity contribution is 5.87. The van der Waals surface area contributed by atoms with E-state index in [4.69, 9.17) is 5.73 Å². The first-order chi connectivity index (χ1) is 15.7. The van der Waals surface area contributed by atoms with Crippen LogP contribution in [0, 0.1) is 11.3 Å². The average molecular weight is 453 g/mol. The van der Waals surface area contributed by atoms with Gasteiger partial charge in [0.05, 0.1) is 33.6 Å².